The maximum Gasteiger partial charge on any atom is 0.347 e. The lowest BCUT2D eigenvalue weighted by molar-refractivity contribution is 0.0732. The number of carbonyl (C=O) groups excluding carboxylic acids is 1. The van der Waals surface area contributed by atoms with Gasteiger partial charge < -0.3 is 9.47 Å². The molecule has 0 aromatic heterocycles. The van der Waals surface area contributed by atoms with Gasteiger partial charge >= 0.3 is 5.97 Å². The number of para-hydroxylation sites is 1. The largest absolute Gasteiger partial charge is 0.456 e. The summed E-state index contributed by atoms with van der Waals surface area (Å²) in [5.41, 5.74) is 4.49. The third-order valence-corrected chi connectivity index (χ3v) is 7.65. The molecule has 5 rings (SSSR count). The highest BCUT2D eigenvalue weighted by molar-refractivity contribution is 5.94. The Morgan fingerprint density at radius 3 is 1.52 bits per heavy atom. The zero-order chi connectivity index (χ0) is 28.2. The molecular formula is C37H34O3. The monoisotopic (exact) mass is 526 g/mol. The summed E-state index contributed by atoms with van der Waals surface area (Å²) in [6.07, 6.45) is 0. The summed E-state index contributed by atoms with van der Waals surface area (Å²) in [7, 11) is 0. The Kier molecular flexibility index (Phi) is 7.57. The van der Waals surface area contributed by atoms with E-state index in [0.717, 1.165) is 11.1 Å². The van der Waals surface area contributed by atoms with Crippen LogP contribution in [0.1, 0.15) is 60.3 Å². The van der Waals surface area contributed by atoms with E-state index in [0.29, 0.717) is 22.8 Å². The lowest BCUT2D eigenvalue weighted by Crippen LogP contribution is -2.19. The summed E-state index contributed by atoms with van der Waals surface area (Å²) in [5, 5.41) is 0. The molecule has 0 aliphatic heterocycles. The second-order valence-corrected chi connectivity index (χ2v) is 11.0. The molecule has 0 heterocycles. The van der Waals surface area contributed by atoms with E-state index < -0.39 is 5.97 Å². The highest BCUT2D eigenvalue weighted by atomic mass is 16.5. The van der Waals surface area contributed by atoms with E-state index >= 15 is 0 Å². The van der Waals surface area contributed by atoms with Crippen LogP contribution in [-0.4, -0.2) is 5.97 Å². The molecule has 0 atom stereocenters. The minimum Gasteiger partial charge on any atom is -0.456 e. The summed E-state index contributed by atoms with van der Waals surface area (Å²) < 4.78 is 12.1. The van der Waals surface area contributed by atoms with E-state index in [1.807, 2.05) is 66.7 Å². The van der Waals surface area contributed by atoms with Crippen LogP contribution in [0.4, 0.5) is 0 Å². The van der Waals surface area contributed by atoms with Crippen LogP contribution in [-0.2, 0) is 10.8 Å². The van der Waals surface area contributed by atoms with Crippen LogP contribution in [0.2, 0.25) is 0 Å². The lowest BCUT2D eigenvalue weighted by atomic mass is 9.78. The molecule has 0 N–H and O–H groups in total. The van der Waals surface area contributed by atoms with Crippen LogP contribution in [0, 0.1) is 0 Å². The number of ether oxygens (including phenoxy) is 2. The van der Waals surface area contributed by atoms with Gasteiger partial charge in [0.1, 0.15) is 22.8 Å². The van der Waals surface area contributed by atoms with Gasteiger partial charge in [-0.1, -0.05) is 125 Å². The molecule has 0 aliphatic rings. The molecule has 0 amide bonds. The minimum atomic E-state index is -0.467. The van der Waals surface area contributed by atoms with E-state index in [9.17, 15) is 4.79 Å². The van der Waals surface area contributed by atoms with Crippen molar-refractivity contribution in [2.45, 2.75) is 38.5 Å². The summed E-state index contributed by atoms with van der Waals surface area (Å²) >= 11 is 0. The molecule has 3 heteroatoms. The zero-order valence-electron chi connectivity index (χ0n) is 23.4. The van der Waals surface area contributed by atoms with Gasteiger partial charge in [0.15, 0.2) is 0 Å². The third kappa shape index (κ3) is 5.69. The SMILES string of the molecule is CC(C)(c1ccccc1)c1cccc(OC(=O)c2ccccc2Oc2cccc(C(C)(C)c3ccccc3)c2)c1. The fourth-order valence-electron chi connectivity index (χ4n) is 4.95. The maximum atomic E-state index is 13.4. The van der Waals surface area contributed by atoms with Crippen molar-refractivity contribution < 1.29 is 14.3 Å². The van der Waals surface area contributed by atoms with Crippen molar-refractivity contribution in [3.8, 4) is 17.2 Å². The van der Waals surface area contributed by atoms with Gasteiger partial charge in [-0.25, -0.2) is 4.79 Å². The fraction of sp³-hybridized carbons (Fsp3) is 0.162. The Labute approximate surface area is 237 Å². The van der Waals surface area contributed by atoms with E-state index in [1.165, 1.54) is 11.1 Å². The van der Waals surface area contributed by atoms with Gasteiger partial charge in [-0.3, -0.25) is 0 Å². The Hall–Kier alpha value is -4.63. The molecule has 5 aromatic rings. The van der Waals surface area contributed by atoms with Crippen LogP contribution < -0.4 is 9.47 Å². The molecular weight excluding hydrogens is 492 g/mol. The Morgan fingerprint density at radius 2 is 0.950 bits per heavy atom. The van der Waals surface area contributed by atoms with E-state index in [-0.39, 0.29) is 10.8 Å². The maximum absolute atomic E-state index is 13.4. The van der Waals surface area contributed by atoms with Crippen LogP contribution >= 0.6 is 0 Å². The predicted octanol–water partition coefficient (Wildman–Crippen LogP) is 9.35. The summed E-state index contributed by atoms with van der Waals surface area (Å²) in [4.78, 5) is 13.4. The first-order chi connectivity index (χ1) is 19.2. The molecule has 0 unspecified atom stereocenters. The Bertz CT molecular complexity index is 1600. The number of esters is 1. The number of hydrogen-bond acceptors (Lipinski definition) is 3. The number of carbonyl (C=O) groups is 1. The molecule has 0 spiro atoms. The van der Waals surface area contributed by atoms with Crippen molar-refractivity contribution in [3.63, 3.8) is 0 Å². The standard InChI is InChI=1S/C37H34O3/c1-36(2,27-15-7-5-8-16-27)29-19-13-21-31(25-29)39-34-24-12-11-23-33(34)35(38)40-32-22-14-20-30(26-32)37(3,4)28-17-9-6-10-18-28/h5-26H,1-4H3. The molecule has 0 saturated carbocycles. The topological polar surface area (TPSA) is 35.5 Å². The average Bonchev–Trinajstić information content (AvgIpc) is 2.98. The number of hydrogen-bond donors (Lipinski definition) is 0. The van der Waals surface area contributed by atoms with E-state index in [4.69, 9.17) is 9.47 Å². The smallest absolute Gasteiger partial charge is 0.347 e. The lowest BCUT2D eigenvalue weighted by Gasteiger charge is -2.26. The molecule has 0 radical (unpaired) electrons. The average molecular weight is 527 g/mol. The van der Waals surface area contributed by atoms with Crippen molar-refractivity contribution in [2.24, 2.45) is 0 Å². The Morgan fingerprint density at radius 1 is 0.500 bits per heavy atom. The van der Waals surface area contributed by atoms with Crippen molar-refractivity contribution in [2.75, 3.05) is 0 Å². The zero-order valence-corrected chi connectivity index (χ0v) is 23.4. The third-order valence-electron chi connectivity index (χ3n) is 7.65. The van der Waals surface area contributed by atoms with Gasteiger partial charge in [-0.2, -0.15) is 0 Å². The second-order valence-electron chi connectivity index (χ2n) is 11.0. The van der Waals surface area contributed by atoms with Crippen molar-refractivity contribution >= 4 is 5.97 Å². The van der Waals surface area contributed by atoms with Crippen LogP contribution in [0.3, 0.4) is 0 Å². The van der Waals surface area contributed by atoms with Gasteiger partial charge in [-0.05, 0) is 58.7 Å². The van der Waals surface area contributed by atoms with Crippen LogP contribution in [0.25, 0.3) is 0 Å². The van der Waals surface area contributed by atoms with Crippen molar-refractivity contribution in [3.05, 3.63) is 161 Å². The van der Waals surface area contributed by atoms with Gasteiger partial charge in [-0.15, -0.1) is 0 Å². The van der Waals surface area contributed by atoms with Gasteiger partial charge in [0.05, 0.1) is 0 Å². The van der Waals surface area contributed by atoms with Crippen molar-refractivity contribution in [1.82, 2.24) is 0 Å². The molecule has 0 bridgehead atoms. The molecule has 200 valence electrons. The van der Waals surface area contributed by atoms with E-state index in [2.05, 4.69) is 76.2 Å². The molecule has 3 nitrogen and oxygen atoms in total. The summed E-state index contributed by atoms with van der Waals surface area (Å²) in [6, 6.07) is 43.6. The summed E-state index contributed by atoms with van der Waals surface area (Å²) in [5.74, 6) is 1.13. The minimum absolute atomic E-state index is 0.211. The highest BCUT2D eigenvalue weighted by Crippen LogP contribution is 2.36. The second kappa shape index (κ2) is 11.2. The van der Waals surface area contributed by atoms with Crippen molar-refractivity contribution in [1.29, 1.82) is 0 Å². The quantitative estimate of drug-likeness (QED) is 0.149. The molecule has 5 aromatic carbocycles. The summed E-state index contributed by atoms with van der Waals surface area (Å²) in [6.45, 7) is 8.72. The number of benzene rings is 5. The molecule has 40 heavy (non-hydrogen) atoms. The van der Waals surface area contributed by atoms with E-state index in [1.54, 1.807) is 18.2 Å². The van der Waals surface area contributed by atoms with Crippen LogP contribution in [0.5, 0.6) is 17.2 Å². The normalized spacial score (nSPS) is 11.6. The Balaban J connectivity index is 1.37. The first-order valence-corrected chi connectivity index (χ1v) is 13.6. The molecule has 0 saturated heterocycles. The predicted molar refractivity (Wildman–Crippen MR) is 161 cm³/mol. The fourth-order valence-corrected chi connectivity index (χ4v) is 4.95. The molecule has 0 aliphatic carbocycles. The van der Waals surface area contributed by atoms with Crippen LogP contribution in [0.15, 0.2) is 133 Å². The first kappa shape index (κ1) is 27.0. The number of rotatable bonds is 8. The molecule has 0 fully saturated rings. The first-order valence-electron chi connectivity index (χ1n) is 13.6. The van der Waals surface area contributed by atoms with Gasteiger partial charge in [0, 0.05) is 10.8 Å². The van der Waals surface area contributed by atoms with Gasteiger partial charge in [0.25, 0.3) is 0 Å². The highest BCUT2D eigenvalue weighted by Gasteiger charge is 2.25. The van der Waals surface area contributed by atoms with Gasteiger partial charge in [0.2, 0.25) is 0 Å².